The van der Waals surface area contributed by atoms with Crippen LogP contribution in [0.25, 0.3) is 0 Å². The van der Waals surface area contributed by atoms with Gasteiger partial charge in [0.2, 0.25) is 15.9 Å². The van der Waals surface area contributed by atoms with Crippen molar-refractivity contribution in [2.45, 2.75) is 40.7 Å². The summed E-state index contributed by atoms with van der Waals surface area (Å²) < 4.78 is 26.1. The third-order valence-corrected chi connectivity index (χ3v) is 5.88. The first-order valence-corrected chi connectivity index (χ1v) is 10.8. The molecule has 0 saturated heterocycles. The molecule has 1 amide bonds. The SMILES string of the molecule is Cc1cc(C)c(NC(=O)[C@H](C)N(c2cc(Cl)ccc2C)S(C)(=O)=O)c(C)c1. The lowest BCUT2D eigenvalue weighted by molar-refractivity contribution is -0.116. The largest absolute Gasteiger partial charge is 0.324 e. The van der Waals surface area contributed by atoms with Crippen molar-refractivity contribution >= 4 is 38.9 Å². The van der Waals surface area contributed by atoms with Crippen molar-refractivity contribution in [1.29, 1.82) is 0 Å². The van der Waals surface area contributed by atoms with Crippen LogP contribution in [0.5, 0.6) is 0 Å². The topological polar surface area (TPSA) is 66.5 Å². The normalized spacial score (nSPS) is 12.6. The van der Waals surface area contributed by atoms with E-state index in [1.807, 2.05) is 32.9 Å². The Morgan fingerprint density at radius 2 is 1.59 bits per heavy atom. The number of nitrogens with zero attached hydrogens (tertiary/aromatic N) is 1. The molecule has 0 unspecified atom stereocenters. The number of nitrogens with one attached hydrogen (secondary N) is 1. The van der Waals surface area contributed by atoms with Gasteiger partial charge >= 0.3 is 0 Å². The Balaban J connectivity index is 2.43. The van der Waals surface area contributed by atoms with Crippen LogP contribution in [0, 0.1) is 27.7 Å². The van der Waals surface area contributed by atoms with E-state index in [4.69, 9.17) is 11.6 Å². The fourth-order valence-corrected chi connectivity index (χ4v) is 4.60. The Bertz CT molecular complexity index is 964. The molecule has 0 radical (unpaired) electrons. The highest BCUT2D eigenvalue weighted by atomic mass is 35.5. The first kappa shape index (κ1) is 21.3. The summed E-state index contributed by atoms with van der Waals surface area (Å²) in [5.41, 5.74) is 4.77. The van der Waals surface area contributed by atoms with Crippen LogP contribution in [0.15, 0.2) is 30.3 Å². The third kappa shape index (κ3) is 4.82. The number of carbonyl (C=O) groups is 1. The van der Waals surface area contributed by atoms with Crippen molar-refractivity contribution in [1.82, 2.24) is 0 Å². The van der Waals surface area contributed by atoms with Crippen LogP contribution in [-0.2, 0) is 14.8 Å². The van der Waals surface area contributed by atoms with E-state index in [1.54, 1.807) is 32.0 Å². The molecule has 2 rings (SSSR count). The second-order valence-corrected chi connectivity index (χ2v) is 9.22. The number of carbonyl (C=O) groups excluding carboxylic acids is 1. The molecule has 2 aromatic carbocycles. The number of rotatable bonds is 5. The molecule has 0 aliphatic heterocycles. The van der Waals surface area contributed by atoms with Crippen LogP contribution >= 0.6 is 11.6 Å². The Hall–Kier alpha value is -2.05. The lowest BCUT2D eigenvalue weighted by Crippen LogP contribution is -2.45. The fourth-order valence-electron chi connectivity index (χ4n) is 3.21. The minimum atomic E-state index is -3.71. The summed E-state index contributed by atoms with van der Waals surface area (Å²) in [5.74, 6) is -0.408. The van der Waals surface area contributed by atoms with Gasteiger partial charge in [-0.15, -0.1) is 0 Å². The van der Waals surface area contributed by atoms with Gasteiger partial charge in [0.25, 0.3) is 0 Å². The molecule has 7 heteroatoms. The molecule has 1 atom stereocenters. The molecule has 0 aliphatic carbocycles. The van der Waals surface area contributed by atoms with Gasteiger partial charge in [-0.25, -0.2) is 8.42 Å². The maximum absolute atomic E-state index is 12.9. The minimum absolute atomic E-state index is 0.394. The van der Waals surface area contributed by atoms with E-state index < -0.39 is 22.0 Å². The van der Waals surface area contributed by atoms with Gasteiger partial charge in [0.1, 0.15) is 6.04 Å². The first-order chi connectivity index (χ1) is 12.4. The van der Waals surface area contributed by atoms with Gasteiger partial charge in [-0.1, -0.05) is 35.4 Å². The number of amides is 1. The van der Waals surface area contributed by atoms with Crippen molar-refractivity contribution in [2.75, 3.05) is 15.9 Å². The second-order valence-electron chi connectivity index (χ2n) is 6.93. The van der Waals surface area contributed by atoms with Gasteiger partial charge in [-0.3, -0.25) is 9.10 Å². The Morgan fingerprint density at radius 3 is 2.11 bits per heavy atom. The maximum Gasteiger partial charge on any atom is 0.248 e. The van der Waals surface area contributed by atoms with E-state index in [-0.39, 0.29) is 0 Å². The van der Waals surface area contributed by atoms with Crippen LogP contribution in [0.2, 0.25) is 5.02 Å². The summed E-state index contributed by atoms with van der Waals surface area (Å²) >= 11 is 6.06. The molecular formula is C20H25ClN2O3S. The van der Waals surface area contributed by atoms with E-state index in [0.717, 1.165) is 27.3 Å². The molecule has 0 heterocycles. The van der Waals surface area contributed by atoms with Crippen LogP contribution in [0.3, 0.4) is 0 Å². The van der Waals surface area contributed by atoms with E-state index in [9.17, 15) is 13.2 Å². The van der Waals surface area contributed by atoms with Gasteiger partial charge in [0.15, 0.2) is 0 Å². The Kier molecular flexibility index (Phi) is 6.22. The van der Waals surface area contributed by atoms with Gasteiger partial charge in [0.05, 0.1) is 11.9 Å². The molecule has 0 fully saturated rings. The molecule has 0 spiro atoms. The molecule has 0 bridgehead atoms. The van der Waals surface area contributed by atoms with Crippen molar-refractivity contribution in [3.8, 4) is 0 Å². The van der Waals surface area contributed by atoms with Crippen molar-refractivity contribution < 1.29 is 13.2 Å². The number of halogens is 1. The molecule has 5 nitrogen and oxygen atoms in total. The number of anilines is 2. The average Bonchev–Trinajstić information content (AvgIpc) is 2.52. The highest BCUT2D eigenvalue weighted by Gasteiger charge is 2.30. The van der Waals surface area contributed by atoms with Crippen molar-refractivity contribution in [2.24, 2.45) is 0 Å². The third-order valence-electron chi connectivity index (χ3n) is 4.42. The Labute approximate surface area is 166 Å². The quantitative estimate of drug-likeness (QED) is 0.798. The van der Waals surface area contributed by atoms with E-state index in [0.29, 0.717) is 22.0 Å². The van der Waals surface area contributed by atoms with Crippen LogP contribution in [-0.4, -0.2) is 26.6 Å². The minimum Gasteiger partial charge on any atom is -0.324 e. The molecular weight excluding hydrogens is 384 g/mol. The molecule has 146 valence electrons. The summed E-state index contributed by atoms with van der Waals surface area (Å²) in [6.45, 7) is 9.16. The lowest BCUT2D eigenvalue weighted by atomic mass is 10.0. The lowest BCUT2D eigenvalue weighted by Gasteiger charge is -2.30. The molecule has 0 aromatic heterocycles. The number of aryl methyl sites for hydroxylation is 4. The second kappa shape index (κ2) is 7.90. The summed E-state index contributed by atoms with van der Waals surface area (Å²) in [7, 11) is -3.71. The number of sulfonamides is 1. The van der Waals surface area contributed by atoms with Crippen LogP contribution < -0.4 is 9.62 Å². The predicted octanol–water partition coefficient (Wildman–Crippen LogP) is 4.37. The summed E-state index contributed by atoms with van der Waals surface area (Å²) in [6.07, 6.45) is 1.08. The van der Waals surface area contributed by atoms with Crippen molar-refractivity contribution in [3.05, 3.63) is 57.6 Å². The zero-order valence-corrected chi connectivity index (χ0v) is 18.0. The summed E-state index contributed by atoms with van der Waals surface area (Å²) in [4.78, 5) is 12.9. The van der Waals surface area contributed by atoms with Gasteiger partial charge in [-0.05, 0) is 63.4 Å². The molecule has 1 N–H and O–H groups in total. The van der Waals surface area contributed by atoms with E-state index >= 15 is 0 Å². The molecule has 0 saturated carbocycles. The predicted molar refractivity (Wildman–Crippen MR) is 112 cm³/mol. The number of hydrogen-bond acceptors (Lipinski definition) is 3. The molecule has 2 aromatic rings. The zero-order valence-electron chi connectivity index (χ0n) is 16.4. The number of hydrogen-bond donors (Lipinski definition) is 1. The van der Waals surface area contributed by atoms with Gasteiger partial charge in [0, 0.05) is 10.7 Å². The van der Waals surface area contributed by atoms with E-state index in [1.165, 1.54) is 0 Å². The van der Waals surface area contributed by atoms with Gasteiger partial charge in [-0.2, -0.15) is 0 Å². The summed E-state index contributed by atoms with van der Waals surface area (Å²) in [5, 5.41) is 3.29. The smallest absolute Gasteiger partial charge is 0.248 e. The average molecular weight is 409 g/mol. The number of benzene rings is 2. The van der Waals surface area contributed by atoms with Crippen LogP contribution in [0.4, 0.5) is 11.4 Å². The zero-order chi connectivity index (χ0) is 20.5. The Morgan fingerprint density at radius 1 is 1.04 bits per heavy atom. The monoisotopic (exact) mass is 408 g/mol. The van der Waals surface area contributed by atoms with Gasteiger partial charge < -0.3 is 5.32 Å². The van der Waals surface area contributed by atoms with E-state index in [2.05, 4.69) is 5.32 Å². The maximum atomic E-state index is 12.9. The molecule has 0 aliphatic rings. The van der Waals surface area contributed by atoms with Crippen LogP contribution in [0.1, 0.15) is 29.2 Å². The first-order valence-electron chi connectivity index (χ1n) is 8.56. The fraction of sp³-hybridized carbons (Fsp3) is 0.350. The van der Waals surface area contributed by atoms with Crippen molar-refractivity contribution in [3.63, 3.8) is 0 Å². The molecule has 27 heavy (non-hydrogen) atoms. The highest BCUT2D eigenvalue weighted by Crippen LogP contribution is 2.29. The standard InChI is InChI=1S/C20H25ClN2O3S/c1-12-9-14(3)19(15(4)10-12)22-20(24)16(5)23(27(6,25)26)18-11-17(21)8-7-13(18)2/h7-11,16H,1-6H3,(H,22,24)/t16-/m0/s1. The summed E-state index contributed by atoms with van der Waals surface area (Å²) in [6, 6.07) is 7.98. The highest BCUT2D eigenvalue weighted by molar-refractivity contribution is 7.92.